The number of rotatable bonds is 6. The zero-order valence-corrected chi connectivity index (χ0v) is 16.1. The molecule has 3 heterocycles. The summed E-state index contributed by atoms with van der Waals surface area (Å²) < 4.78 is 15.1. The van der Waals surface area contributed by atoms with Gasteiger partial charge in [0.2, 0.25) is 0 Å². The molecule has 0 spiro atoms. The van der Waals surface area contributed by atoms with Gasteiger partial charge in [-0.1, -0.05) is 19.4 Å². The van der Waals surface area contributed by atoms with Crippen LogP contribution >= 0.6 is 0 Å². The number of nitrogens with zero attached hydrogens (tertiary/aromatic N) is 3. The Labute approximate surface area is 168 Å². The van der Waals surface area contributed by atoms with Crippen molar-refractivity contribution in [3.8, 4) is 22.4 Å². The van der Waals surface area contributed by atoms with Gasteiger partial charge in [-0.3, -0.25) is 9.78 Å². The Hall–Kier alpha value is -3.54. The summed E-state index contributed by atoms with van der Waals surface area (Å²) in [5.74, 6) is -0.475. The molecule has 0 aliphatic rings. The van der Waals surface area contributed by atoms with Crippen LogP contribution in [0, 0.1) is 5.82 Å². The first-order valence-electron chi connectivity index (χ1n) is 9.65. The van der Waals surface area contributed by atoms with Gasteiger partial charge in [-0.15, -0.1) is 0 Å². The largest absolute Gasteiger partial charge is 0.351 e. The minimum Gasteiger partial charge on any atom is -0.351 e. The lowest BCUT2D eigenvalue weighted by Crippen LogP contribution is -2.26. The monoisotopic (exact) mass is 388 g/mol. The minimum absolute atomic E-state index is 0.168. The molecule has 3 aromatic heterocycles. The van der Waals surface area contributed by atoms with E-state index in [0.717, 1.165) is 35.0 Å². The summed E-state index contributed by atoms with van der Waals surface area (Å²) >= 11 is 0. The van der Waals surface area contributed by atoms with Gasteiger partial charge in [-0.05, 0) is 60.5 Å². The van der Waals surface area contributed by atoms with Crippen LogP contribution in [0.25, 0.3) is 27.9 Å². The third-order valence-corrected chi connectivity index (χ3v) is 4.79. The molecule has 4 aromatic rings. The SMILES string of the molecule is CCCCNC(=O)c1cccc2c(-c3ccncc3)c(-c3ccc(F)cc3)nn12. The van der Waals surface area contributed by atoms with Gasteiger partial charge in [-0.2, -0.15) is 5.10 Å². The number of pyridine rings is 2. The van der Waals surface area contributed by atoms with Gasteiger partial charge in [0.05, 0.1) is 5.52 Å². The highest BCUT2D eigenvalue weighted by Crippen LogP contribution is 2.35. The number of amides is 1. The molecule has 0 fully saturated rings. The van der Waals surface area contributed by atoms with Crippen LogP contribution in [0.15, 0.2) is 67.0 Å². The normalized spacial score (nSPS) is 11.0. The van der Waals surface area contributed by atoms with Crippen molar-refractivity contribution in [3.63, 3.8) is 0 Å². The van der Waals surface area contributed by atoms with Crippen molar-refractivity contribution in [2.75, 3.05) is 6.54 Å². The van der Waals surface area contributed by atoms with Gasteiger partial charge in [0.1, 0.15) is 17.2 Å². The number of hydrogen-bond acceptors (Lipinski definition) is 3. The van der Waals surface area contributed by atoms with Crippen molar-refractivity contribution < 1.29 is 9.18 Å². The van der Waals surface area contributed by atoms with Gasteiger partial charge in [0.15, 0.2) is 0 Å². The Bertz CT molecular complexity index is 1140. The average Bonchev–Trinajstić information content (AvgIpc) is 3.14. The van der Waals surface area contributed by atoms with E-state index >= 15 is 0 Å². The van der Waals surface area contributed by atoms with Crippen molar-refractivity contribution in [1.82, 2.24) is 19.9 Å². The van der Waals surface area contributed by atoms with Crippen molar-refractivity contribution in [2.45, 2.75) is 19.8 Å². The lowest BCUT2D eigenvalue weighted by Gasteiger charge is -2.07. The molecule has 0 unspecified atom stereocenters. The fraction of sp³-hybridized carbons (Fsp3) is 0.174. The lowest BCUT2D eigenvalue weighted by molar-refractivity contribution is 0.0946. The topological polar surface area (TPSA) is 59.3 Å². The van der Waals surface area contributed by atoms with Crippen LogP contribution in [0.4, 0.5) is 4.39 Å². The Morgan fingerprint density at radius 3 is 2.52 bits per heavy atom. The molecule has 0 atom stereocenters. The van der Waals surface area contributed by atoms with Gasteiger partial charge in [0.25, 0.3) is 5.91 Å². The van der Waals surface area contributed by atoms with Crippen LogP contribution in [0.3, 0.4) is 0 Å². The van der Waals surface area contributed by atoms with Crippen molar-refractivity contribution in [2.24, 2.45) is 0 Å². The molecule has 0 bridgehead atoms. The van der Waals surface area contributed by atoms with E-state index in [1.54, 1.807) is 35.1 Å². The Morgan fingerprint density at radius 1 is 1.03 bits per heavy atom. The van der Waals surface area contributed by atoms with Gasteiger partial charge >= 0.3 is 0 Å². The summed E-state index contributed by atoms with van der Waals surface area (Å²) in [6, 6.07) is 15.6. The Balaban J connectivity index is 1.90. The second-order valence-electron chi connectivity index (χ2n) is 6.78. The third-order valence-electron chi connectivity index (χ3n) is 4.79. The van der Waals surface area contributed by atoms with Crippen LogP contribution in [0.5, 0.6) is 0 Å². The number of aromatic nitrogens is 3. The third kappa shape index (κ3) is 3.74. The highest BCUT2D eigenvalue weighted by Gasteiger charge is 2.20. The first-order chi connectivity index (χ1) is 14.2. The standard InChI is InChI=1S/C23H21FN4O/c1-2-3-13-26-23(29)20-6-4-5-19-21(16-11-14-25-15-12-16)22(27-28(19)20)17-7-9-18(24)10-8-17/h4-12,14-15H,2-3,13H2,1H3,(H,26,29). The van der Waals surface area contributed by atoms with Crippen molar-refractivity contribution in [1.29, 1.82) is 0 Å². The predicted molar refractivity (Wildman–Crippen MR) is 111 cm³/mol. The Morgan fingerprint density at radius 2 is 1.79 bits per heavy atom. The van der Waals surface area contributed by atoms with Crippen molar-refractivity contribution in [3.05, 3.63) is 78.5 Å². The van der Waals surface area contributed by atoms with E-state index in [4.69, 9.17) is 5.10 Å². The molecule has 0 radical (unpaired) electrons. The highest BCUT2D eigenvalue weighted by molar-refractivity contribution is 5.97. The van der Waals surface area contributed by atoms with Crippen LogP contribution in [0.2, 0.25) is 0 Å². The van der Waals surface area contributed by atoms with Gasteiger partial charge < -0.3 is 5.32 Å². The summed E-state index contributed by atoms with van der Waals surface area (Å²) in [6.07, 6.45) is 5.36. The highest BCUT2D eigenvalue weighted by atomic mass is 19.1. The molecule has 29 heavy (non-hydrogen) atoms. The second kappa shape index (κ2) is 8.22. The maximum absolute atomic E-state index is 13.5. The first-order valence-corrected chi connectivity index (χ1v) is 9.65. The van der Waals surface area contributed by atoms with E-state index in [9.17, 15) is 9.18 Å². The van der Waals surface area contributed by atoms with Crippen molar-refractivity contribution >= 4 is 11.4 Å². The predicted octanol–water partition coefficient (Wildman–Crippen LogP) is 4.73. The molecule has 4 rings (SSSR count). The number of fused-ring (bicyclic) bond motifs is 1. The van der Waals surface area contributed by atoms with E-state index in [1.807, 2.05) is 24.3 Å². The number of benzene rings is 1. The second-order valence-corrected chi connectivity index (χ2v) is 6.78. The molecule has 146 valence electrons. The number of halogens is 1. The van der Waals surface area contributed by atoms with E-state index in [2.05, 4.69) is 17.2 Å². The molecule has 1 aromatic carbocycles. The number of nitrogens with one attached hydrogen (secondary N) is 1. The Kier molecular flexibility index (Phi) is 5.33. The first kappa shape index (κ1) is 18.8. The fourth-order valence-electron chi connectivity index (χ4n) is 3.32. The number of carbonyl (C=O) groups excluding carboxylic acids is 1. The summed E-state index contributed by atoms with van der Waals surface area (Å²) in [6.45, 7) is 2.70. The van der Waals surface area contributed by atoms with Gasteiger partial charge in [-0.25, -0.2) is 8.91 Å². The van der Waals surface area contributed by atoms with Gasteiger partial charge in [0, 0.05) is 30.1 Å². The molecule has 0 aliphatic carbocycles. The number of carbonyl (C=O) groups is 1. The zero-order chi connectivity index (χ0) is 20.2. The smallest absolute Gasteiger partial charge is 0.269 e. The molecular weight excluding hydrogens is 367 g/mol. The molecule has 5 nitrogen and oxygen atoms in total. The molecule has 0 saturated carbocycles. The van der Waals surface area contributed by atoms with Crippen LogP contribution in [-0.2, 0) is 0 Å². The van der Waals surface area contributed by atoms with Crippen LogP contribution in [-0.4, -0.2) is 27.0 Å². The molecule has 0 saturated heterocycles. The maximum Gasteiger partial charge on any atom is 0.269 e. The summed E-state index contributed by atoms with van der Waals surface area (Å²) in [5.41, 5.74) is 4.53. The molecule has 6 heteroatoms. The van der Waals surface area contributed by atoms with Crippen LogP contribution in [0.1, 0.15) is 30.3 Å². The molecular formula is C23H21FN4O. The van der Waals surface area contributed by atoms with E-state index in [-0.39, 0.29) is 11.7 Å². The molecule has 1 N–H and O–H groups in total. The lowest BCUT2D eigenvalue weighted by atomic mass is 10.0. The summed E-state index contributed by atoms with van der Waals surface area (Å²) in [7, 11) is 0. The van der Waals surface area contributed by atoms with E-state index in [0.29, 0.717) is 17.9 Å². The van der Waals surface area contributed by atoms with E-state index in [1.165, 1.54) is 12.1 Å². The zero-order valence-electron chi connectivity index (χ0n) is 16.1. The molecule has 0 aliphatic heterocycles. The number of hydrogen-bond donors (Lipinski definition) is 1. The molecule has 1 amide bonds. The van der Waals surface area contributed by atoms with E-state index < -0.39 is 0 Å². The minimum atomic E-state index is -0.307. The quantitative estimate of drug-likeness (QED) is 0.486. The maximum atomic E-state index is 13.5. The summed E-state index contributed by atoms with van der Waals surface area (Å²) in [5, 5.41) is 7.70. The summed E-state index contributed by atoms with van der Waals surface area (Å²) in [4.78, 5) is 16.8. The van der Waals surface area contributed by atoms with Crippen LogP contribution < -0.4 is 5.32 Å². The fourth-order valence-corrected chi connectivity index (χ4v) is 3.32. The number of unbranched alkanes of at least 4 members (excludes halogenated alkanes) is 1. The average molecular weight is 388 g/mol.